The van der Waals surface area contributed by atoms with Gasteiger partial charge in [-0.15, -0.1) is 11.3 Å². The first-order valence-electron chi connectivity index (χ1n) is 11.3. The van der Waals surface area contributed by atoms with Gasteiger partial charge in [0.25, 0.3) is 0 Å². The molecule has 4 aromatic rings. The van der Waals surface area contributed by atoms with Crippen LogP contribution in [0.5, 0.6) is 5.75 Å². The van der Waals surface area contributed by atoms with Gasteiger partial charge < -0.3 is 14.8 Å². The second kappa shape index (κ2) is 8.85. The van der Waals surface area contributed by atoms with Crippen molar-refractivity contribution in [1.82, 2.24) is 9.88 Å². The summed E-state index contributed by atoms with van der Waals surface area (Å²) in [5.41, 5.74) is 2.14. The molecule has 0 amide bonds. The van der Waals surface area contributed by atoms with Gasteiger partial charge in [-0.2, -0.15) is 0 Å². The Hall–Kier alpha value is -2.41. The molecule has 3 atom stereocenters. The van der Waals surface area contributed by atoms with Crippen molar-refractivity contribution in [3.05, 3.63) is 64.9 Å². The number of piperidine rings is 1. The van der Waals surface area contributed by atoms with E-state index in [1.807, 2.05) is 31.2 Å². The number of benzene rings is 2. The zero-order valence-electron chi connectivity index (χ0n) is 18.5. The van der Waals surface area contributed by atoms with Crippen molar-refractivity contribution in [2.45, 2.75) is 44.8 Å². The molecule has 0 saturated carbocycles. The van der Waals surface area contributed by atoms with Gasteiger partial charge >= 0.3 is 0 Å². The molecule has 1 fully saturated rings. The number of aromatic nitrogens is 1. The summed E-state index contributed by atoms with van der Waals surface area (Å²) in [6, 6.07) is 15.6. The van der Waals surface area contributed by atoms with E-state index in [1.54, 1.807) is 17.4 Å². The summed E-state index contributed by atoms with van der Waals surface area (Å²) in [7, 11) is 0. The molecule has 1 saturated heterocycles. The maximum Gasteiger partial charge on any atom is 0.128 e. The average molecular weight is 453 g/mol. The number of H-pyrrole nitrogens is 1. The fraction of sp³-hybridized carbons (Fsp3) is 0.385. The second-order valence-corrected chi connectivity index (χ2v) is 10.1. The standard InChI is InChI=1S/C26H29FN2O2S/c1-16-10-22-23(28-16)4-3-5-24(22)31-15-21(30)14-29-9-8-18(11-17(29)2)26-13-19-12-20(27)6-7-25(19)32-26/h3-7,10,12-13,17-18,21,28,30H,8-9,11,14-15H2,1-2H3. The van der Waals surface area contributed by atoms with Gasteiger partial charge in [-0.05, 0) is 87.0 Å². The number of aliphatic hydroxyl groups excluding tert-OH is 1. The number of rotatable bonds is 6. The van der Waals surface area contributed by atoms with E-state index in [1.165, 1.54) is 10.9 Å². The monoisotopic (exact) mass is 452 g/mol. The summed E-state index contributed by atoms with van der Waals surface area (Å²) in [4.78, 5) is 7.02. The van der Waals surface area contributed by atoms with Crippen molar-refractivity contribution < 1.29 is 14.2 Å². The van der Waals surface area contributed by atoms with Gasteiger partial charge in [0.1, 0.15) is 24.3 Å². The normalized spacial score (nSPS) is 20.8. The molecular weight excluding hydrogens is 423 g/mol. The number of aryl methyl sites for hydroxylation is 1. The Kier molecular flexibility index (Phi) is 5.93. The maximum atomic E-state index is 13.5. The Morgan fingerprint density at radius 1 is 1.25 bits per heavy atom. The first kappa shape index (κ1) is 21.4. The van der Waals surface area contributed by atoms with E-state index in [9.17, 15) is 9.50 Å². The molecule has 1 aliphatic heterocycles. The van der Waals surface area contributed by atoms with E-state index in [2.05, 4.69) is 28.9 Å². The van der Waals surface area contributed by atoms with Crippen molar-refractivity contribution in [3.63, 3.8) is 0 Å². The Morgan fingerprint density at radius 3 is 2.97 bits per heavy atom. The number of nitrogens with one attached hydrogen (secondary N) is 1. The van der Waals surface area contributed by atoms with Crippen LogP contribution < -0.4 is 4.74 Å². The minimum atomic E-state index is -0.545. The Bertz CT molecular complexity index is 1230. The third kappa shape index (κ3) is 4.40. The van der Waals surface area contributed by atoms with E-state index < -0.39 is 6.10 Å². The van der Waals surface area contributed by atoms with Gasteiger partial charge in [0, 0.05) is 38.8 Å². The van der Waals surface area contributed by atoms with Crippen LogP contribution in [0.4, 0.5) is 4.39 Å². The van der Waals surface area contributed by atoms with Gasteiger partial charge in [-0.25, -0.2) is 4.39 Å². The Labute approximate surface area is 191 Å². The lowest BCUT2D eigenvalue weighted by atomic mass is 9.90. The first-order chi connectivity index (χ1) is 15.5. The molecule has 0 bridgehead atoms. The minimum absolute atomic E-state index is 0.177. The highest BCUT2D eigenvalue weighted by molar-refractivity contribution is 7.19. The third-order valence-corrected chi connectivity index (χ3v) is 7.83. The molecular formula is C26H29FN2O2S. The van der Waals surface area contributed by atoms with Gasteiger partial charge in [0.05, 0.1) is 0 Å². The second-order valence-electron chi connectivity index (χ2n) is 9.03. The number of aromatic amines is 1. The summed E-state index contributed by atoms with van der Waals surface area (Å²) in [5, 5.41) is 12.7. The molecule has 2 aromatic carbocycles. The van der Waals surface area contributed by atoms with Crippen LogP contribution in [0.3, 0.4) is 0 Å². The smallest absolute Gasteiger partial charge is 0.128 e. The number of aliphatic hydroxyl groups is 1. The topological polar surface area (TPSA) is 48.5 Å². The number of thiophene rings is 1. The van der Waals surface area contributed by atoms with Crippen molar-refractivity contribution >= 4 is 32.3 Å². The van der Waals surface area contributed by atoms with E-state index in [0.29, 0.717) is 18.5 Å². The zero-order chi connectivity index (χ0) is 22.2. The van der Waals surface area contributed by atoms with Gasteiger partial charge in [-0.1, -0.05) is 6.07 Å². The van der Waals surface area contributed by atoms with Crippen LogP contribution in [-0.4, -0.2) is 46.8 Å². The van der Waals surface area contributed by atoms with Gasteiger partial charge in [0.15, 0.2) is 0 Å². The maximum absolute atomic E-state index is 13.5. The number of hydrogen-bond donors (Lipinski definition) is 2. The van der Waals surface area contributed by atoms with E-state index >= 15 is 0 Å². The number of halogens is 1. The molecule has 168 valence electrons. The van der Waals surface area contributed by atoms with Crippen molar-refractivity contribution in [2.24, 2.45) is 0 Å². The van der Waals surface area contributed by atoms with Crippen LogP contribution in [0.25, 0.3) is 21.0 Å². The van der Waals surface area contributed by atoms with Crippen LogP contribution >= 0.6 is 11.3 Å². The predicted molar refractivity (Wildman–Crippen MR) is 129 cm³/mol. The summed E-state index contributed by atoms with van der Waals surface area (Å²) in [6.45, 7) is 6.08. The van der Waals surface area contributed by atoms with Crippen molar-refractivity contribution in [2.75, 3.05) is 19.7 Å². The Morgan fingerprint density at radius 2 is 2.12 bits per heavy atom. The van der Waals surface area contributed by atoms with Crippen LogP contribution in [0, 0.1) is 12.7 Å². The third-order valence-electron chi connectivity index (χ3n) is 6.55. The molecule has 0 aliphatic carbocycles. The number of hydrogen-bond acceptors (Lipinski definition) is 4. The SMILES string of the molecule is Cc1cc2c(OCC(O)CN3CCC(c4cc5cc(F)ccc5s4)CC3C)cccc2[nH]1. The molecule has 3 unspecified atom stereocenters. The number of ether oxygens (including phenoxy) is 1. The summed E-state index contributed by atoms with van der Waals surface area (Å²) in [5.74, 6) is 1.12. The fourth-order valence-electron chi connectivity index (χ4n) is 4.89. The van der Waals surface area contributed by atoms with Gasteiger partial charge in [0.2, 0.25) is 0 Å². The molecule has 6 heteroatoms. The molecule has 2 N–H and O–H groups in total. The number of fused-ring (bicyclic) bond motifs is 2. The number of nitrogens with zero attached hydrogens (tertiary/aromatic N) is 1. The molecule has 3 heterocycles. The lowest BCUT2D eigenvalue weighted by Crippen LogP contribution is -2.45. The fourth-order valence-corrected chi connectivity index (χ4v) is 6.08. The molecule has 2 aromatic heterocycles. The molecule has 4 nitrogen and oxygen atoms in total. The van der Waals surface area contributed by atoms with Crippen molar-refractivity contribution in [3.8, 4) is 5.75 Å². The lowest BCUT2D eigenvalue weighted by Gasteiger charge is -2.38. The van der Waals surface area contributed by atoms with Crippen LogP contribution in [0.15, 0.2) is 48.5 Å². The predicted octanol–water partition coefficient (Wildman–Crippen LogP) is 5.84. The summed E-state index contributed by atoms with van der Waals surface area (Å²) >= 11 is 1.78. The van der Waals surface area contributed by atoms with Gasteiger partial charge in [-0.3, -0.25) is 4.90 Å². The lowest BCUT2D eigenvalue weighted by molar-refractivity contribution is 0.0408. The molecule has 0 radical (unpaired) electrons. The van der Waals surface area contributed by atoms with E-state index in [-0.39, 0.29) is 12.4 Å². The highest BCUT2D eigenvalue weighted by Crippen LogP contribution is 2.38. The molecule has 0 spiro atoms. The van der Waals surface area contributed by atoms with Crippen LogP contribution in [-0.2, 0) is 0 Å². The quantitative estimate of drug-likeness (QED) is 0.386. The molecule has 1 aliphatic rings. The van der Waals surface area contributed by atoms with Crippen LogP contribution in [0.2, 0.25) is 0 Å². The van der Waals surface area contributed by atoms with E-state index in [4.69, 9.17) is 4.74 Å². The summed E-state index contributed by atoms with van der Waals surface area (Å²) in [6.07, 6.45) is 1.55. The Balaban J connectivity index is 1.17. The van der Waals surface area contributed by atoms with Crippen LogP contribution in [0.1, 0.15) is 36.3 Å². The zero-order valence-corrected chi connectivity index (χ0v) is 19.3. The first-order valence-corrected chi connectivity index (χ1v) is 12.1. The average Bonchev–Trinajstić information content (AvgIpc) is 3.36. The van der Waals surface area contributed by atoms with E-state index in [0.717, 1.165) is 51.8 Å². The molecule has 32 heavy (non-hydrogen) atoms. The molecule has 5 rings (SSSR count). The minimum Gasteiger partial charge on any atom is -0.490 e. The highest BCUT2D eigenvalue weighted by atomic mass is 32.1. The summed E-state index contributed by atoms with van der Waals surface area (Å²) < 4.78 is 20.7. The number of β-amino-alcohol motifs (C(OH)–C–C–N with tert-alkyl or cyclic N) is 1. The number of likely N-dealkylation sites (tertiary alicyclic amines) is 1. The highest BCUT2D eigenvalue weighted by Gasteiger charge is 2.29. The largest absolute Gasteiger partial charge is 0.490 e. The van der Waals surface area contributed by atoms with Crippen molar-refractivity contribution in [1.29, 1.82) is 0 Å².